The standard InChI is InChI=1S/C9H14F2OS2/c1-14-8(13)12-6-7-2-4-9(10,11)5-3-7/h7H,2-6H2,1H3. The fourth-order valence-electron chi connectivity index (χ4n) is 1.51. The lowest BCUT2D eigenvalue weighted by molar-refractivity contribution is -0.0500. The van der Waals surface area contributed by atoms with Crippen LogP contribution in [0.5, 0.6) is 0 Å². The van der Waals surface area contributed by atoms with Crippen molar-refractivity contribution in [2.75, 3.05) is 12.9 Å². The van der Waals surface area contributed by atoms with Crippen molar-refractivity contribution in [3.05, 3.63) is 0 Å². The lowest BCUT2D eigenvalue weighted by Gasteiger charge is -2.27. The number of thiocarbonyl (C=S) groups is 1. The number of thioether (sulfide) groups is 1. The van der Waals surface area contributed by atoms with Gasteiger partial charge in [0, 0.05) is 12.8 Å². The Morgan fingerprint density at radius 3 is 2.57 bits per heavy atom. The van der Waals surface area contributed by atoms with Gasteiger partial charge in [-0.1, -0.05) is 11.8 Å². The number of ether oxygens (including phenoxy) is 1. The van der Waals surface area contributed by atoms with Crippen LogP contribution in [0, 0.1) is 5.92 Å². The molecule has 1 fully saturated rings. The molecule has 82 valence electrons. The molecule has 0 aromatic rings. The van der Waals surface area contributed by atoms with Crippen LogP contribution in [-0.4, -0.2) is 23.2 Å². The first-order chi connectivity index (χ1) is 6.53. The summed E-state index contributed by atoms with van der Waals surface area (Å²) in [4.78, 5) is 0. The van der Waals surface area contributed by atoms with E-state index in [2.05, 4.69) is 0 Å². The fraction of sp³-hybridized carbons (Fsp3) is 0.889. The number of halogens is 2. The Hall–Kier alpha value is 0.1000. The second-order valence-electron chi connectivity index (χ2n) is 3.56. The molecule has 0 heterocycles. The van der Waals surface area contributed by atoms with Crippen LogP contribution >= 0.6 is 24.0 Å². The second kappa shape index (κ2) is 5.26. The van der Waals surface area contributed by atoms with Crippen molar-refractivity contribution in [3.63, 3.8) is 0 Å². The zero-order chi connectivity index (χ0) is 10.6. The van der Waals surface area contributed by atoms with Crippen LogP contribution in [-0.2, 0) is 4.74 Å². The molecule has 0 saturated heterocycles. The molecule has 1 aliphatic rings. The fourth-order valence-corrected chi connectivity index (χ4v) is 1.77. The molecule has 0 aromatic heterocycles. The van der Waals surface area contributed by atoms with E-state index in [0.717, 1.165) is 0 Å². The van der Waals surface area contributed by atoms with Gasteiger partial charge in [0.2, 0.25) is 10.3 Å². The van der Waals surface area contributed by atoms with Crippen LogP contribution in [0.15, 0.2) is 0 Å². The predicted octanol–water partition coefficient (Wildman–Crippen LogP) is 3.48. The minimum atomic E-state index is -2.45. The number of alkyl halides is 2. The molecule has 1 aliphatic carbocycles. The molecule has 0 amide bonds. The molecule has 5 heteroatoms. The molecule has 1 nitrogen and oxygen atoms in total. The van der Waals surface area contributed by atoms with Gasteiger partial charge in [-0.25, -0.2) is 8.78 Å². The van der Waals surface area contributed by atoms with Crippen LogP contribution in [0.3, 0.4) is 0 Å². The van der Waals surface area contributed by atoms with Crippen molar-refractivity contribution < 1.29 is 13.5 Å². The van der Waals surface area contributed by atoms with Gasteiger partial charge in [0.15, 0.2) is 0 Å². The predicted molar refractivity (Wildman–Crippen MR) is 59.0 cm³/mol. The lowest BCUT2D eigenvalue weighted by atomic mass is 9.87. The van der Waals surface area contributed by atoms with Gasteiger partial charge in [0.25, 0.3) is 0 Å². The van der Waals surface area contributed by atoms with E-state index in [9.17, 15) is 8.78 Å². The van der Waals surface area contributed by atoms with E-state index < -0.39 is 5.92 Å². The van der Waals surface area contributed by atoms with Crippen molar-refractivity contribution in [1.82, 2.24) is 0 Å². The average Bonchev–Trinajstić information content (AvgIpc) is 2.16. The summed E-state index contributed by atoms with van der Waals surface area (Å²) in [6, 6.07) is 0. The number of hydrogen-bond acceptors (Lipinski definition) is 3. The normalized spacial score (nSPS) is 21.9. The van der Waals surface area contributed by atoms with Gasteiger partial charge in [-0.2, -0.15) is 0 Å². The molecule has 0 unspecified atom stereocenters. The Balaban J connectivity index is 2.19. The third kappa shape index (κ3) is 4.09. The van der Waals surface area contributed by atoms with E-state index in [1.807, 2.05) is 6.26 Å². The van der Waals surface area contributed by atoms with Gasteiger partial charge in [-0.15, -0.1) is 0 Å². The van der Waals surface area contributed by atoms with Crippen LogP contribution < -0.4 is 0 Å². The SMILES string of the molecule is CSC(=S)OCC1CCC(F)(F)CC1. The van der Waals surface area contributed by atoms with Crippen LogP contribution in [0.1, 0.15) is 25.7 Å². The molecule has 0 N–H and O–H groups in total. The van der Waals surface area contributed by atoms with Gasteiger partial charge < -0.3 is 4.74 Å². The van der Waals surface area contributed by atoms with Gasteiger partial charge >= 0.3 is 0 Å². The lowest BCUT2D eigenvalue weighted by Crippen LogP contribution is -2.27. The zero-order valence-electron chi connectivity index (χ0n) is 8.09. The molecule has 0 spiro atoms. The smallest absolute Gasteiger partial charge is 0.248 e. The van der Waals surface area contributed by atoms with E-state index in [1.54, 1.807) is 0 Å². The summed E-state index contributed by atoms with van der Waals surface area (Å²) in [5.74, 6) is -2.20. The molecule has 0 aliphatic heterocycles. The quantitative estimate of drug-likeness (QED) is 0.684. The second-order valence-corrected chi connectivity index (χ2v) is 4.97. The highest BCUT2D eigenvalue weighted by molar-refractivity contribution is 8.22. The first-order valence-electron chi connectivity index (χ1n) is 4.62. The highest BCUT2D eigenvalue weighted by Gasteiger charge is 2.34. The number of hydrogen-bond donors (Lipinski definition) is 0. The Kier molecular flexibility index (Phi) is 4.57. The van der Waals surface area contributed by atoms with Gasteiger partial charge in [-0.3, -0.25) is 0 Å². The average molecular weight is 240 g/mol. The molecular weight excluding hydrogens is 226 g/mol. The molecule has 0 aromatic carbocycles. The molecule has 14 heavy (non-hydrogen) atoms. The molecule has 0 bridgehead atoms. The van der Waals surface area contributed by atoms with Gasteiger partial charge in [-0.05, 0) is 37.2 Å². The van der Waals surface area contributed by atoms with E-state index >= 15 is 0 Å². The summed E-state index contributed by atoms with van der Waals surface area (Å²) in [5, 5.41) is 0. The molecule has 1 saturated carbocycles. The summed E-state index contributed by atoms with van der Waals surface area (Å²) in [5.41, 5.74) is 0. The van der Waals surface area contributed by atoms with E-state index in [0.29, 0.717) is 23.8 Å². The minimum Gasteiger partial charge on any atom is -0.478 e. The third-order valence-corrected chi connectivity index (χ3v) is 3.51. The topological polar surface area (TPSA) is 9.23 Å². The highest BCUT2D eigenvalue weighted by atomic mass is 32.2. The molecular formula is C9H14F2OS2. The Labute approximate surface area is 92.6 Å². The maximum Gasteiger partial charge on any atom is 0.248 e. The Bertz CT molecular complexity index is 199. The summed E-state index contributed by atoms with van der Waals surface area (Å²) >= 11 is 6.24. The monoisotopic (exact) mass is 240 g/mol. The van der Waals surface area contributed by atoms with Crippen molar-refractivity contribution >= 4 is 28.4 Å². The summed E-state index contributed by atoms with van der Waals surface area (Å²) in [7, 11) is 0. The van der Waals surface area contributed by atoms with Gasteiger partial charge in [0.1, 0.15) is 0 Å². The van der Waals surface area contributed by atoms with Crippen LogP contribution in [0.25, 0.3) is 0 Å². The highest BCUT2D eigenvalue weighted by Crippen LogP contribution is 2.36. The summed E-state index contributed by atoms with van der Waals surface area (Å²) in [6.45, 7) is 0.496. The molecule has 0 radical (unpaired) electrons. The first kappa shape index (κ1) is 12.2. The Morgan fingerprint density at radius 1 is 1.50 bits per heavy atom. The summed E-state index contributed by atoms with van der Waals surface area (Å²) < 4.78 is 31.3. The minimum absolute atomic E-state index is 0.00689. The maximum atomic E-state index is 12.8. The van der Waals surface area contributed by atoms with E-state index in [1.165, 1.54) is 11.8 Å². The van der Waals surface area contributed by atoms with Crippen molar-refractivity contribution in [2.45, 2.75) is 31.6 Å². The van der Waals surface area contributed by atoms with Gasteiger partial charge in [0.05, 0.1) is 6.61 Å². The zero-order valence-corrected chi connectivity index (χ0v) is 9.73. The maximum absolute atomic E-state index is 12.8. The van der Waals surface area contributed by atoms with Crippen LogP contribution in [0.2, 0.25) is 0 Å². The number of rotatable bonds is 2. The molecule has 0 atom stereocenters. The Morgan fingerprint density at radius 2 is 2.07 bits per heavy atom. The molecule has 1 rings (SSSR count). The van der Waals surface area contributed by atoms with Crippen LogP contribution in [0.4, 0.5) is 8.78 Å². The largest absolute Gasteiger partial charge is 0.478 e. The first-order valence-corrected chi connectivity index (χ1v) is 6.25. The van der Waals surface area contributed by atoms with E-state index in [-0.39, 0.29) is 18.8 Å². The van der Waals surface area contributed by atoms with Crippen molar-refractivity contribution in [2.24, 2.45) is 5.92 Å². The van der Waals surface area contributed by atoms with Crippen molar-refractivity contribution in [3.8, 4) is 0 Å². The van der Waals surface area contributed by atoms with Crippen molar-refractivity contribution in [1.29, 1.82) is 0 Å². The van der Waals surface area contributed by atoms with E-state index in [4.69, 9.17) is 17.0 Å². The third-order valence-electron chi connectivity index (χ3n) is 2.44. The summed E-state index contributed by atoms with van der Waals surface area (Å²) in [6.07, 6.45) is 2.92.